The minimum absolute atomic E-state index is 0.0518. The monoisotopic (exact) mass is 279 g/mol. The molecule has 1 aliphatic rings. The van der Waals surface area contributed by atoms with Crippen LogP contribution in [0.1, 0.15) is 18.4 Å². The van der Waals surface area contributed by atoms with Crippen molar-refractivity contribution in [3.63, 3.8) is 0 Å². The molecule has 1 aromatic rings. The van der Waals surface area contributed by atoms with Crippen LogP contribution < -0.4 is 10.1 Å². The first-order valence-corrected chi connectivity index (χ1v) is 6.87. The van der Waals surface area contributed by atoms with Gasteiger partial charge in [-0.2, -0.15) is 0 Å². The molecule has 0 saturated carbocycles. The van der Waals surface area contributed by atoms with Gasteiger partial charge in [0.2, 0.25) is 5.91 Å². The van der Waals surface area contributed by atoms with Crippen LogP contribution in [0, 0.1) is 0 Å². The number of hydrogen-bond acceptors (Lipinski definition) is 4. The average Bonchev–Trinajstić information content (AvgIpc) is 2.52. The van der Waals surface area contributed by atoms with Gasteiger partial charge in [0, 0.05) is 13.0 Å². The lowest BCUT2D eigenvalue weighted by Gasteiger charge is -2.22. The van der Waals surface area contributed by atoms with E-state index >= 15 is 0 Å². The van der Waals surface area contributed by atoms with Gasteiger partial charge in [0.15, 0.2) is 0 Å². The molecule has 0 bridgehead atoms. The second-order valence-corrected chi connectivity index (χ2v) is 4.76. The molecule has 1 amide bonds. The summed E-state index contributed by atoms with van der Waals surface area (Å²) in [6.07, 6.45) is 2.12. The molecule has 0 aliphatic carbocycles. The number of hydrogen-bond donors (Lipinski definition) is 1. The molecule has 1 N–H and O–H groups in total. The minimum atomic E-state index is 0.0518. The fourth-order valence-electron chi connectivity index (χ4n) is 2.03. The summed E-state index contributed by atoms with van der Waals surface area (Å²) in [4.78, 5) is 11.8. The van der Waals surface area contributed by atoms with Crippen LogP contribution in [0.4, 0.5) is 0 Å². The Kier molecular flexibility index (Phi) is 5.83. The van der Waals surface area contributed by atoms with E-state index in [9.17, 15) is 4.79 Å². The molecule has 1 heterocycles. The number of rotatable bonds is 6. The van der Waals surface area contributed by atoms with E-state index in [0.29, 0.717) is 26.4 Å². The summed E-state index contributed by atoms with van der Waals surface area (Å²) in [6, 6.07) is 7.77. The molecule has 1 fully saturated rings. The Morgan fingerprint density at radius 1 is 1.40 bits per heavy atom. The molecule has 1 saturated heterocycles. The lowest BCUT2D eigenvalue weighted by Crippen LogP contribution is -2.37. The molecule has 2 rings (SSSR count). The van der Waals surface area contributed by atoms with E-state index in [0.717, 1.165) is 24.2 Å². The van der Waals surface area contributed by atoms with E-state index < -0.39 is 0 Å². The van der Waals surface area contributed by atoms with Crippen molar-refractivity contribution < 1.29 is 19.0 Å². The predicted octanol–water partition coefficient (Wildman–Crippen LogP) is 1.51. The van der Waals surface area contributed by atoms with Gasteiger partial charge in [0.05, 0.1) is 19.8 Å². The fourth-order valence-corrected chi connectivity index (χ4v) is 2.03. The van der Waals surface area contributed by atoms with Crippen molar-refractivity contribution in [1.29, 1.82) is 0 Å². The van der Waals surface area contributed by atoms with E-state index in [2.05, 4.69) is 5.32 Å². The van der Waals surface area contributed by atoms with Gasteiger partial charge < -0.3 is 19.5 Å². The number of benzene rings is 1. The van der Waals surface area contributed by atoms with Crippen molar-refractivity contribution in [3.8, 4) is 5.75 Å². The molecular formula is C15H21NO4. The zero-order valence-electron chi connectivity index (χ0n) is 11.8. The van der Waals surface area contributed by atoms with Crippen molar-refractivity contribution in [2.75, 3.05) is 27.1 Å². The number of amides is 1. The van der Waals surface area contributed by atoms with Gasteiger partial charge in [0.25, 0.3) is 0 Å². The summed E-state index contributed by atoms with van der Waals surface area (Å²) in [6.45, 7) is 1.59. The molecule has 1 atom stereocenters. The first-order chi connectivity index (χ1) is 9.78. The summed E-state index contributed by atoms with van der Waals surface area (Å²) in [5.74, 6) is 0.880. The van der Waals surface area contributed by atoms with Crippen LogP contribution in [0.5, 0.6) is 5.75 Å². The topological polar surface area (TPSA) is 56.8 Å². The van der Waals surface area contributed by atoms with E-state index in [1.54, 1.807) is 7.11 Å². The highest BCUT2D eigenvalue weighted by Gasteiger charge is 2.14. The maximum absolute atomic E-state index is 11.8. The van der Waals surface area contributed by atoms with Crippen LogP contribution >= 0.6 is 0 Å². The van der Waals surface area contributed by atoms with Gasteiger partial charge in [-0.05, 0) is 30.5 Å². The fraction of sp³-hybridized carbons (Fsp3) is 0.533. The molecule has 0 spiro atoms. The highest BCUT2D eigenvalue weighted by atomic mass is 16.7. The Labute approximate surface area is 119 Å². The lowest BCUT2D eigenvalue weighted by molar-refractivity contribution is -0.140. The summed E-state index contributed by atoms with van der Waals surface area (Å²) >= 11 is 0. The molecule has 110 valence electrons. The standard InChI is InChI=1S/C15H21NO4/c1-18-13-5-2-12(3-6-13)4-7-15(17)16-10-14-8-9-19-11-20-14/h2-3,5-6,14H,4,7-11H2,1H3,(H,16,17). The summed E-state index contributed by atoms with van der Waals surface area (Å²) in [5.41, 5.74) is 1.13. The van der Waals surface area contributed by atoms with Crippen molar-refractivity contribution >= 4 is 5.91 Å². The van der Waals surface area contributed by atoms with Gasteiger partial charge in [-0.1, -0.05) is 12.1 Å². The number of aryl methyl sites for hydroxylation is 1. The molecular weight excluding hydrogens is 258 g/mol. The van der Waals surface area contributed by atoms with Crippen LogP contribution in [0.3, 0.4) is 0 Å². The Hall–Kier alpha value is -1.59. The average molecular weight is 279 g/mol. The molecule has 5 nitrogen and oxygen atoms in total. The normalized spacial score (nSPS) is 18.6. The Balaban J connectivity index is 1.66. The van der Waals surface area contributed by atoms with Gasteiger partial charge in [0.1, 0.15) is 12.5 Å². The second-order valence-electron chi connectivity index (χ2n) is 4.76. The van der Waals surface area contributed by atoms with Crippen molar-refractivity contribution in [2.24, 2.45) is 0 Å². The van der Waals surface area contributed by atoms with Crippen LogP contribution in [0.25, 0.3) is 0 Å². The smallest absolute Gasteiger partial charge is 0.220 e. The van der Waals surface area contributed by atoms with E-state index in [1.165, 1.54) is 0 Å². The third kappa shape index (κ3) is 4.83. The molecule has 20 heavy (non-hydrogen) atoms. The van der Waals surface area contributed by atoms with E-state index in [1.807, 2.05) is 24.3 Å². The van der Waals surface area contributed by atoms with Crippen LogP contribution in [0.15, 0.2) is 24.3 Å². The van der Waals surface area contributed by atoms with Gasteiger partial charge in [-0.3, -0.25) is 4.79 Å². The zero-order chi connectivity index (χ0) is 14.2. The van der Waals surface area contributed by atoms with Gasteiger partial charge in [-0.25, -0.2) is 0 Å². The largest absolute Gasteiger partial charge is 0.497 e. The third-order valence-electron chi connectivity index (χ3n) is 3.30. The lowest BCUT2D eigenvalue weighted by atomic mass is 10.1. The quantitative estimate of drug-likeness (QED) is 0.857. The minimum Gasteiger partial charge on any atom is -0.497 e. The number of carbonyl (C=O) groups excluding carboxylic acids is 1. The Morgan fingerprint density at radius 3 is 2.85 bits per heavy atom. The maximum Gasteiger partial charge on any atom is 0.220 e. The predicted molar refractivity (Wildman–Crippen MR) is 74.6 cm³/mol. The number of carbonyl (C=O) groups is 1. The molecule has 5 heteroatoms. The van der Waals surface area contributed by atoms with Crippen LogP contribution in [-0.2, 0) is 20.7 Å². The number of ether oxygens (including phenoxy) is 3. The van der Waals surface area contributed by atoms with E-state index in [4.69, 9.17) is 14.2 Å². The van der Waals surface area contributed by atoms with Crippen LogP contribution in [0.2, 0.25) is 0 Å². The third-order valence-corrected chi connectivity index (χ3v) is 3.30. The Bertz CT molecular complexity index is 412. The number of methoxy groups -OCH3 is 1. The first kappa shape index (κ1) is 14.8. The molecule has 0 aromatic heterocycles. The Morgan fingerprint density at radius 2 is 2.20 bits per heavy atom. The van der Waals surface area contributed by atoms with Crippen molar-refractivity contribution in [2.45, 2.75) is 25.4 Å². The summed E-state index contributed by atoms with van der Waals surface area (Å²) in [7, 11) is 1.64. The van der Waals surface area contributed by atoms with Gasteiger partial charge >= 0.3 is 0 Å². The zero-order valence-corrected chi connectivity index (χ0v) is 11.8. The van der Waals surface area contributed by atoms with Crippen molar-refractivity contribution in [1.82, 2.24) is 5.32 Å². The molecule has 1 unspecified atom stereocenters. The highest BCUT2D eigenvalue weighted by molar-refractivity contribution is 5.76. The van der Waals surface area contributed by atoms with Crippen molar-refractivity contribution in [3.05, 3.63) is 29.8 Å². The first-order valence-electron chi connectivity index (χ1n) is 6.87. The molecule has 1 aliphatic heterocycles. The summed E-state index contributed by atoms with van der Waals surface area (Å²) in [5, 5.41) is 2.90. The number of nitrogens with one attached hydrogen (secondary N) is 1. The SMILES string of the molecule is COc1ccc(CCC(=O)NCC2CCOCO2)cc1. The molecule has 0 radical (unpaired) electrons. The second kappa shape index (κ2) is 7.87. The van der Waals surface area contributed by atoms with Crippen LogP contribution in [-0.4, -0.2) is 39.1 Å². The van der Waals surface area contributed by atoms with E-state index in [-0.39, 0.29) is 12.0 Å². The maximum atomic E-state index is 11.8. The molecule has 1 aromatic carbocycles. The highest BCUT2D eigenvalue weighted by Crippen LogP contribution is 2.12. The summed E-state index contributed by atoms with van der Waals surface area (Å²) < 4.78 is 15.5. The van der Waals surface area contributed by atoms with Gasteiger partial charge in [-0.15, -0.1) is 0 Å².